The van der Waals surface area contributed by atoms with Crippen LogP contribution in [0.25, 0.3) is 0 Å². The minimum atomic E-state index is -0.218. The van der Waals surface area contributed by atoms with E-state index in [1.807, 2.05) is 4.90 Å². The fourth-order valence-electron chi connectivity index (χ4n) is 2.64. The second-order valence-electron chi connectivity index (χ2n) is 5.22. The largest absolute Gasteiger partial charge is 0.495 e. The summed E-state index contributed by atoms with van der Waals surface area (Å²) in [4.78, 5) is 14.5. The Morgan fingerprint density at radius 3 is 2.95 bits per heavy atom. The molecule has 1 aromatic carbocycles. The molecule has 1 unspecified atom stereocenters. The summed E-state index contributed by atoms with van der Waals surface area (Å²) in [7, 11) is 1.56. The lowest BCUT2D eigenvalue weighted by atomic mass is 10.0. The van der Waals surface area contributed by atoms with Crippen molar-refractivity contribution in [3.8, 4) is 17.6 Å². The Balaban J connectivity index is 2.28. The van der Waals surface area contributed by atoms with Crippen molar-refractivity contribution in [3.63, 3.8) is 0 Å². The molecule has 1 aromatic rings. The standard InChI is InChI=1S/C17H21NO3/c1-13-6-3-4-10-18(13)17(20)15-8-9-16(21-2)14(12-15)7-5-11-19/h8-9,12-13,19H,3-4,6,10-11H2,1-2H3. The van der Waals surface area contributed by atoms with Gasteiger partial charge in [-0.15, -0.1) is 0 Å². The molecule has 0 saturated carbocycles. The molecule has 4 nitrogen and oxygen atoms in total. The number of amides is 1. The maximum Gasteiger partial charge on any atom is 0.254 e. The summed E-state index contributed by atoms with van der Waals surface area (Å²) in [6.45, 7) is 2.68. The molecule has 1 N–H and O–H groups in total. The Morgan fingerprint density at radius 1 is 1.48 bits per heavy atom. The number of carbonyl (C=O) groups is 1. The first-order chi connectivity index (χ1) is 10.2. The molecular formula is C17H21NO3. The summed E-state index contributed by atoms with van der Waals surface area (Å²) >= 11 is 0. The van der Waals surface area contributed by atoms with E-state index in [-0.39, 0.29) is 18.6 Å². The van der Waals surface area contributed by atoms with E-state index in [1.165, 1.54) is 6.42 Å². The maximum absolute atomic E-state index is 12.6. The summed E-state index contributed by atoms with van der Waals surface area (Å²) < 4.78 is 5.23. The van der Waals surface area contributed by atoms with E-state index in [4.69, 9.17) is 9.84 Å². The number of piperidine rings is 1. The van der Waals surface area contributed by atoms with Crippen molar-refractivity contribution in [1.29, 1.82) is 0 Å². The van der Waals surface area contributed by atoms with E-state index in [0.717, 1.165) is 19.4 Å². The van der Waals surface area contributed by atoms with Crippen LogP contribution in [0.1, 0.15) is 42.1 Å². The van der Waals surface area contributed by atoms with Gasteiger partial charge in [-0.3, -0.25) is 4.79 Å². The van der Waals surface area contributed by atoms with Crippen LogP contribution in [0.15, 0.2) is 18.2 Å². The molecule has 0 radical (unpaired) electrons. The van der Waals surface area contributed by atoms with E-state index in [1.54, 1.807) is 25.3 Å². The lowest BCUT2D eigenvalue weighted by Crippen LogP contribution is -2.42. The summed E-state index contributed by atoms with van der Waals surface area (Å²) in [5, 5.41) is 8.82. The van der Waals surface area contributed by atoms with E-state index in [2.05, 4.69) is 18.8 Å². The van der Waals surface area contributed by atoms with Crippen LogP contribution < -0.4 is 4.74 Å². The number of hydrogen-bond donors (Lipinski definition) is 1. The third-order valence-corrected chi connectivity index (χ3v) is 3.81. The lowest BCUT2D eigenvalue weighted by Gasteiger charge is -2.33. The van der Waals surface area contributed by atoms with Gasteiger partial charge in [0.25, 0.3) is 5.91 Å². The van der Waals surface area contributed by atoms with E-state index < -0.39 is 0 Å². The number of aliphatic hydroxyl groups is 1. The number of rotatable bonds is 2. The minimum absolute atomic E-state index is 0.0388. The van der Waals surface area contributed by atoms with Crippen molar-refractivity contribution in [1.82, 2.24) is 4.90 Å². The summed E-state index contributed by atoms with van der Waals surface area (Å²) in [5.41, 5.74) is 1.24. The smallest absolute Gasteiger partial charge is 0.254 e. The second kappa shape index (κ2) is 7.14. The summed E-state index contributed by atoms with van der Waals surface area (Å²) in [6.07, 6.45) is 3.29. The molecule has 4 heteroatoms. The molecule has 0 bridgehead atoms. The van der Waals surface area contributed by atoms with Gasteiger partial charge in [-0.25, -0.2) is 0 Å². The Hall–Kier alpha value is -1.99. The quantitative estimate of drug-likeness (QED) is 0.847. The number of benzene rings is 1. The van der Waals surface area contributed by atoms with E-state index >= 15 is 0 Å². The van der Waals surface area contributed by atoms with Crippen LogP contribution in [0.4, 0.5) is 0 Å². The van der Waals surface area contributed by atoms with Crippen molar-refractivity contribution in [2.45, 2.75) is 32.2 Å². The highest BCUT2D eigenvalue weighted by atomic mass is 16.5. The summed E-state index contributed by atoms with van der Waals surface area (Å²) in [6, 6.07) is 5.54. The molecule has 112 valence electrons. The first-order valence-electron chi connectivity index (χ1n) is 7.26. The zero-order valence-electron chi connectivity index (χ0n) is 12.6. The van der Waals surface area contributed by atoms with Crippen LogP contribution in [0.2, 0.25) is 0 Å². The Labute approximate surface area is 125 Å². The van der Waals surface area contributed by atoms with Crippen molar-refractivity contribution >= 4 is 5.91 Å². The average molecular weight is 287 g/mol. The molecule has 1 saturated heterocycles. The van der Waals surface area contributed by atoms with Gasteiger partial charge in [0.15, 0.2) is 0 Å². The molecule has 0 aliphatic carbocycles. The molecule has 0 spiro atoms. The van der Waals surface area contributed by atoms with E-state index in [9.17, 15) is 4.79 Å². The third-order valence-electron chi connectivity index (χ3n) is 3.81. The third kappa shape index (κ3) is 3.56. The molecular weight excluding hydrogens is 266 g/mol. The number of aliphatic hydroxyl groups excluding tert-OH is 1. The van der Waals surface area contributed by atoms with Crippen LogP contribution >= 0.6 is 0 Å². The van der Waals surface area contributed by atoms with Crippen LogP contribution in [-0.2, 0) is 0 Å². The highest BCUT2D eigenvalue weighted by Crippen LogP contribution is 2.23. The maximum atomic E-state index is 12.6. The van der Waals surface area contributed by atoms with Gasteiger partial charge in [-0.1, -0.05) is 11.8 Å². The van der Waals surface area contributed by atoms with Crippen LogP contribution in [0.3, 0.4) is 0 Å². The number of hydrogen-bond acceptors (Lipinski definition) is 3. The SMILES string of the molecule is COc1ccc(C(=O)N2CCCCC2C)cc1C#CCO. The van der Waals surface area contributed by atoms with Crippen molar-refractivity contribution < 1.29 is 14.6 Å². The predicted octanol–water partition coefficient (Wildman–Crippen LogP) is 2.05. The molecule has 21 heavy (non-hydrogen) atoms. The number of ether oxygens (including phenoxy) is 1. The molecule has 1 aliphatic rings. The minimum Gasteiger partial charge on any atom is -0.495 e. The Kier molecular flexibility index (Phi) is 5.24. The van der Waals surface area contributed by atoms with E-state index in [0.29, 0.717) is 16.9 Å². The Morgan fingerprint density at radius 2 is 2.29 bits per heavy atom. The summed E-state index contributed by atoms with van der Waals surface area (Å²) in [5.74, 6) is 6.07. The van der Waals surface area contributed by atoms with Gasteiger partial charge in [0.05, 0.1) is 12.7 Å². The monoisotopic (exact) mass is 287 g/mol. The highest BCUT2D eigenvalue weighted by Gasteiger charge is 2.24. The fraction of sp³-hybridized carbons (Fsp3) is 0.471. The van der Waals surface area contributed by atoms with Gasteiger partial charge in [0.2, 0.25) is 0 Å². The fourth-order valence-corrected chi connectivity index (χ4v) is 2.64. The van der Waals surface area contributed by atoms with Crippen molar-refractivity contribution in [2.24, 2.45) is 0 Å². The molecule has 0 aromatic heterocycles. The number of methoxy groups -OCH3 is 1. The van der Waals surface area contributed by atoms with Crippen LogP contribution in [0.5, 0.6) is 5.75 Å². The topological polar surface area (TPSA) is 49.8 Å². The van der Waals surface area contributed by atoms with Crippen LogP contribution in [-0.4, -0.2) is 42.2 Å². The number of likely N-dealkylation sites (tertiary alicyclic amines) is 1. The molecule has 1 fully saturated rings. The van der Waals surface area contributed by atoms with Crippen molar-refractivity contribution in [3.05, 3.63) is 29.3 Å². The second-order valence-corrected chi connectivity index (χ2v) is 5.22. The molecule has 2 rings (SSSR count). The van der Waals surface area contributed by atoms with Gasteiger partial charge in [-0.2, -0.15) is 0 Å². The van der Waals surface area contributed by atoms with Crippen molar-refractivity contribution in [2.75, 3.05) is 20.3 Å². The molecule has 1 atom stereocenters. The first-order valence-corrected chi connectivity index (χ1v) is 7.26. The lowest BCUT2D eigenvalue weighted by molar-refractivity contribution is 0.0635. The highest BCUT2D eigenvalue weighted by molar-refractivity contribution is 5.95. The Bertz CT molecular complexity index is 571. The van der Waals surface area contributed by atoms with Gasteiger partial charge in [0.1, 0.15) is 12.4 Å². The number of carbonyl (C=O) groups excluding carboxylic acids is 1. The zero-order valence-corrected chi connectivity index (χ0v) is 12.6. The zero-order chi connectivity index (χ0) is 15.2. The van der Waals surface area contributed by atoms with Gasteiger partial charge < -0.3 is 14.7 Å². The molecule has 1 aliphatic heterocycles. The van der Waals surface area contributed by atoms with Gasteiger partial charge >= 0.3 is 0 Å². The predicted molar refractivity (Wildman–Crippen MR) is 81.3 cm³/mol. The number of nitrogens with zero attached hydrogens (tertiary/aromatic N) is 1. The first kappa shape index (κ1) is 15.4. The van der Waals surface area contributed by atoms with Gasteiger partial charge in [-0.05, 0) is 44.4 Å². The normalized spacial score (nSPS) is 17.9. The van der Waals surface area contributed by atoms with Gasteiger partial charge in [0, 0.05) is 18.2 Å². The van der Waals surface area contributed by atoms with Crippen LogP contribution in [0, 0.1) is 11.8 Å². The molecule has 1 amide bonds. The average Bonchev–Trinajstić information content (AvgIpc) is 2.52. The molecule has 1 heterocycles.